The van der Waals surface area contributed by atoms with Gasteiger partial charge in [-0.1, -0.05) is 70.5 Å². The molecule has 0 aliphatic carbocycles. The number of alkyl halides is 1. The van der Waals surface area contributed by atoms with Gasteiger partial charge in [-0.2, -0.15) is 0 Å². The van der Waals surface area contributed by atoms with Crippen LogP contribution in [0.4, 0.5) is 5.82 Å². The van der Waals surface area contributed by atoms with Gasteiger partial charge < -0.3 is 29.0 Å². The van der Waals surface area contributed by atoms with Gasteiger partial charge in [-0.05, 0) is 49.2 Å². The molecule has 3 aromatic heterocycles. The Morgan fingerprint density at radius 3 is 1.99 bits per heavy atom. The molecule has 68 heavy (non-hydrogen) atoms. The average Bonchev–Trinajstić information content (AvgIpc) is 4.01. The molecule has 2 fully saturated rings. The number of anilines is 1. The topological polar surface area (TPSA) is 259 Å². The van der Waals surface area contributed by atoms with Gasteiger partial charge in [0, 0.05) is 36.0 Å². The van der Waals surface area contributed by atoms with E-state index in [1.54, 1.807) is 78.9 Å². The van der Waals surface area contributed by atoms with Gasteiger partial charge in [0.25, 0.3) is 11.5 Å². The summed E-state index contributed by atoms with van der Waals surface area (Å²) in [5, 5.41) is 3.14. The Kier molecular flexibility index (Phi) is 14.7. The first-order valence-corrected chi connectivity index (χ1v) is 24.3. The number of hydrogen-bond donors (Lipinski definition) is 2. The van der Waals surface area contributed by atoms with Crippen LogP contribution in [0.5, 0.6) is 0 Å². The third-order valence-electron chi connectivity index (χ3n) is 11.5. The smallest absolute Gasteiger partial charge is 0.338 e. The zero-order valence-electron chi connectivity index (χ0n) is 36.2. The van der Waals surface area contributed by atoms with Crippen molar-refractivity contribution in [1.29, 1.82) is 0 Å². The number of sulfone groups is 1. The maximum absolute atomic E-state index is 14.4. The van der Waals surface area contributed by atoms with E-state index >= 15 is 0 Å². The minimum atomic E-state index is -4.13. The number of carbonyl (C=O) groups is 4. The maximum Gasteiger partial charge on any atom is 0.338 e. The first-order chi connectivity index (χ1) is 32.8. The van der Waals surface area contributed by atoms with Gasteiger partial charge in [0.15, 0.2) is 51.5 Å². The third kappa shape index (κ3) is 10.8. The molecule has 2 saturated heterocycles. The molecule has 0 saturated carbocycles. The van der Waals surface area contributed by atoms with Crippen molar-refractivity contribution in [3.8, 4) is 0 Å². The van der Waals surface area contributed by atoms with Gasteiger partial charge in [-0.15, -0.1) is 0 Å². The van der Waals surface area contributed by atoms with Crippen LogP contribution in [0.2, 0.25) is 0 Å². The second-order valence-corrected chi connectivity index (χ2v) is 19.0. The third-order valence-corrected chi connectivity index (χ3v) is 13.7. The predicted octanol–water partition coefficient (Wildman–Crippen LogP) is 4.26. The molecule has 2 N–H and O–H groups in total. The molecular formula is C46H44BrN7O13S. The van der Waals surface area contributed by atoms with Crippen molar-refractivity contribution in [1.82, 2.24) is 29.1 Å². The summed E-state index contributed by atoms with van der Waals surface area (Å²) in [5.41, 5.74) is -0.421. The van der Waals surface area contributed by atoms with Crippen LogP contribution in [-0.4, -0.2) is 109 Å². The minimum absolute atomic E-state index is 0.104. The Morgan fingerprint density at radius 1 is 0.750 bits per heavy atom. The summed E-state index contributed by atoms with van der Waals surface area (Å²) < 4.78 is 61.9. The highest BCUT2D eigenvalue weighted by Crippen LogP contribution is 2.42. The molecule has 0 radical (unpaired) electrons. The van der Waals surface area contributed by atoms with Crippen molar-refractivity contribution in [3.63, 3.8) is 0 Å². The fraction of sp³-hybridized carbons (Fsp3) is 0.326. The molecule has 8 atom stereocenters. The summed E-state index contributed by atoms with van der Waals surface area (Å²) >= 11 is 3.44. The van der Waals surface area contributed by atoms with Gasteiger partial charge >= 0.3 is 23.6 Å². The summed E-state index contributed by atoms with van der Waals surface area (Å²) in [4.78, 5) is 93.2. The van der Waals surface area contributed by atoms with Crippen molar-refractivity contribution in [2.45, 2.75) is 56.6 Å². The highest BCUT2D eigenvalue weighted by Gasteiger charge is 2.52. The number of ether oxygens (including phenoxy) is 5. The van der Waals surface area contributed by atoms with Gasteiger partial charge in [-0.3, -0.25) is 28.5 Å². The zero-order valence-corrected chi connectivity index (χ0v) is 38.6. The number of nitrogens with one attached hydrogen (secondary N) is 2. The summed E-state index contributed by atoms with van der Waals surface area (Å²) in [6.45, 7) is 0.763. The van der Waals surface area contributed by atoms with Crippen LogP contribution in [0.25, 0.3) is 11.2 Å². The number of esters is 3. The Balaban J connectivity index is 1.07. The van der Waals surface area contributed by atoms with Crippen LogP contribution in [0.3, 0.4) is 0 Å². The highest BCUT2D eigenvalue weighted by atomic mass is 79.9. The number of imidazole rings is 1. The number of amides is 1. The van der Waals surface area contributed by atoms with E-state index in [2.05, 4.69) is 41.2 Å². The zero-order chi connectivity index (χ0) is 48.0. The number of halogens is 1. The van der Waals surface area contributed by atoms with E-state index < -0.39 is 112 Å². The molecule has 8 rings (SSSR count). The normalized spacial score (nSPS) is 22.4. The quantitative estimate of drug-likeness (QED) is 0.0735. The lowest BCUT2D eigenvalue weighted by molar-refractivity contribution is -0.153. The van der Waals surface area contributed by atoms with E-state index in [9.17, 15) is 37.2 Å². The number of aromatic nitrogens is 6. The summed E-state index contributed by atoms with van der Waals surface area (Å²) in [6.07, 6.45) is -3.10. The van der Waals surface area contributed by atoms with E-state index in [0.717, 1.165) is 16.8 Å². The number of rotatable bonds is 17. The minimum Gasteiger partial charge on any atom is -0.462 e. The van der Waals surface area contributed by atoms with Crippen molar-refractivity contribution < 1.29 is 51.3 Å². The second kappa shape index (κ2) is 21.0. The molecule has 22 heteroatoms. The second-order valence-electron chi connectivity index (χ2n) is 16.0. The molecule has 0 bridgehead atoms. The van der Waals surface area contributed by atoms with Crippen LogP contribution in [0, 0.1) is 11.8 Å². The lowest BCUT2D eigenvalue weighted by Gasteiger charge is -2.25. The molecule has 3 aromatic carbocycles. The van der Waals surface area contributed by atoms with Crippen molar-refractivity contribution in [3.05, 3.63) is 153 Å². The lowest BCUT2D eigenvalue weighted by Crippen LogP contribution is -2.39. The SMILES string of the molecule is CC(=O)O[C@@H]1[C@H](CS(=O)(=O)CC[C@H]2O[C@@H](n3ccc(=O)[nH]c3=O)[C@H](OC(=O)c3ccccc3)[C@@H]2COC(=O)c2ccccc2)[C@@H](CCBr)O[C@H]1n1cnc2c(NC(=O)c3ccccc3)ncnc21. The number of H-pyrrole nitrogens is 1. The van der Waals surface area contributed by atoms with Gasteiger partial charge in [0.2, 0.25) is 0 Å². The molecule has 20 nitrogen and oxygen atoms in total. The molecule has 2 aliphatic rings. The molecule has 6 aromatic rings. The molecule has 5 heterocycles. The van der Waals surface area contributed by atoms with Gasteiger partial charge in [0.05, 0.1) is 47.1 Å². The molecular weight excluding hydrogens is 971 g/mol. The number of benzene rings is 3. The average molecular weight is 1010 g/mol. The van der Waals surface area contributed by atoms with Crippen molar-refractivity contribution in [2.75, 3.05) is 28.8 Å². The number of fused-ring (bicyclic) bond motifs is 1. The van der Waals surface area contributed by atoms with Crippen LogP contribution < -0.4 is 16.6 Å². The van der Waals surface area contributed by atoms with Crippen molar-refractivity contribution in [2.24, 2.45) is 11.8 Å². The Hall–Kier alpha value is -6.88. The Morgan fingerprint density at radius 2 is 1.35 bits per heavy atom. The lowest BCUT2D eigenvalue weighted by atomic mass is 9.96. The van der Waals surface area contributed by atoms with E-state index in [-0.39, 0.29) is 34.5 Å². The number of carbonyl (C=O) groups excluding carboxylic acids is 4. The molecule has 0 unspecified atom stereocenters. The van der Waals surface area contributed by atoms with Crippen LogP contribution in [0.1, 0.15) is 63.3 Å². The van der Waals surface area contributed by atoms with E-state index in [1.165, 1.54) is 36.3 Å². The van der Waals surface area contributed by atoms with Crippen LogP contribution in [-0.2, 0) is 38.3 Å². The predicted molar refractivity (Wildman–Crippen MR) is 245 cm³/mol. The highest BCUT2D eigenvalue weighted by molar-refractivity contribution is 9.09. The fourth-order valence-corrected chi connectivity index (χ4v) is 10.6. The summed E-state index contributed by atoms with van der Waals surface area (Å²) in [7, 11) is -4.13. The largest absolute Gasteiger partial charge is 0.462 e. The maximum atomic E-state index is 14.4. The standard InChI is InChI=1S/C46H44BrN7O13S/c1-27(55)64-38-32(33(17-20-47)65-43(38)54-26-50-36-39(48-25-49-40(36)54)52-41(57)28-11-5-2-6-12-28)24-68(61,62)22-19-34-31(23-63-44(58)29-13-7-3-8-14-29)37(67-45(59)30-15-9-4-10-16-30)42(66-34)53-21-18-35(56)51-46(53)60/h2-16,18,21,25-26,31-34,37-38,42-43H,17,19-20,22-24H2,1H3,(H,51,56,60)(H,48,49,52,57)/t31-,32-,33-,34-,37-,38-,42-,43-/m1/s1. The van der Waals surface area contributed by atoms with E-state index in [1.807, 2.05) is 0 Å². The molecule has 354 valence electrons. The Bertz CT molecular complexity index is 3010. The Labute approximate surface area is 396 Å². The summed E-state index contributed by atoms with van der Waals surface area (Å²) in [5.74, 6) is -5.59. The van der Waals surface area contributed by atoms with Crippen LogP contribution in [0.15, 0.2) is 126 Å². The first kappa shape index (κ1) is 47.6. The monoisotopic (exact) mass is 1010 g/mol. The van der Waals surface area contributed by atoms with Gasteiger partial charge in [0.1, 0.15) is 12.9 Å². The molecule has 0 spiro atoms. The molecule has 1 amide bonds. The number of hydrogen-bond acceptors (Lipinski definition) is 16. The van der Waals surface area contributed by atoms with Gasteiger partial charge in [-0.25, -0.2) is 37.8 Å². The van der Waals surface area contributed by atoms with Crippen LogP contribution >= 0.6 is 15.9 Å². The van der Waals surface area contributed by atoms with E-state index in [4.69, 9.17) is 23.7 Å². The fourth-order valence-electron chi connectivity index (χ4n) is 8.36. The first-order valence-electron chi connectivity index (χ1n) is 21.4. The van der Waals surface area contributed by atoms with Crippen molar-refractivity contribution >= 4 is 66.6 Å². The molecule has 2 aliphatic heterocycles. The number of aromatic amines is 1. The summed E-state index contributed by atoms with van der Waals surface area (Å²) in [6, 6.07) is 25.7. The van der Waals surface area contributed by atoms with E-state index in [0.29, 0.717) is 17.3 Å². The number of nitrogens with zero attached hydrogens (tertiary/aromatic N) is 5.